The zero-order valence-corrected chi connectivity index (χ0v) is 10.2. The molecular formula is C14H14O2S. The van der Waals surface area contributed by atoms with Gasteiger partial charge in [-0.15, -0.1) is 0 Å². The SMILES string of the molecule is OC(Cc1ccsc1)c1cccc2c1OCC2. The van der Waals surface area contributed by atoms with E-state index in [-0.39, 0.29) is 0 Å². The van der Waals surface area contributed by atoms with Crippen LogP contribution < -0.4 is 4.74 Å². The average Bonchev–Trinajstić information content (AvgIpc) is 2.97. The molecule has 3 heteroatoms. The zero-order chi connectivity index (χ0) is 11.7. The third kappa shape index (κ3) is 2.08. The Hall–Kier alpha value is -1.32. The van der Waals surface area contributed by atoms with Crippen LogP contribution in [-0.2, 0) is 12.8 Å². The van der Waals surface area contributed by atoms with Crippen molar-refractivity contribution in [2.75, 3.05) is 6.61 Å². The largest absolute Gasteiger partial charge is 0.493 e. The normalized spacial score (nSPS) is 15.4. The van der Waals surface area contributed by atoms with Crippen molar-refractivity contribution >= 4 is 11.3 Å². The fraction of sp³-hybridized carbons (Fsp3) is 0.286. The van der Waals surface area contributed by atoms with Crippen LogP contribution in [0.15, 0.2) is 35.0 Å². The lowest BCUT2D eigenvalue weighted by Gasteiger charge is -2.13. The minimum absolute atomic E-state index is 0.474. The van der Waals surface area contributed by atoms with Gasteiger partial charge in [0.2, 0.25) is 0 Å². The minimum Gasteiger partial charge on any atom is -0.493 e. The summed E-state index contributed by atoms with van der Waals surface area (Å²) in [5.41, 5.74) is 3.32. The number of thiophene rings is 1. The first kappa shape index (κ1) is 10.8. The van der Waals surface area contributed by atoms with E-state index in [0.29, 0.717) is 6.42 Å². The Balaban J connectivity index is 1.86. The second-order valence-electron chi connectivity index (χ2n) is 4.29. The van der Waals surface area contributed by atoms with Gasteiger partial charge in [-0.2, -0.15) is 11.3 Å². The third-order valence-electron chi connectivity index (χ3n) is 3.11. The highest BCUT2D eigenvalue weighted by Crippen LogP contribution is 2.34. The monoisotopic (exact) mass is 246 g/mol. The van der Waals surface area contributed by atoms with E-state index in [1.165, 1.54) is 11.1 Å². The Morgan fingerprint density at radius 3 is 3.12 bits per heavy atom. The van der Waals surface area contributed by atoms with Gasteiger partial charge >= 0.3 is 0 Å². The molecule has 1 aromatic heterocycles. The van der Waals surface area contributed by atoms with Crippen LogP contribution in [0.3, 0.4) is 0 Å². The smallest absolute Gasteiger partial charge is 0.128 e. The van der Waals surface area contributed by atoms with Gasteiger partial charge < -0.3 is 9.84 Å². The van der Waals surface area contributed by atoms with Crippen molar-refractivity contribution in [3.05, 3.63) is 51.7 Å². The highest BCUT2D eigenvalue weighted by Gasteiger charge is 2.20. The third-order valence-corrected chi connectivity index (χ3v) is 3.85. The first-order valence-electron chi connectivity index (χ1n) is 5.78. The predicted molar refractivity (Wildman–Crippen MR) is 68.6 cm³/mol. The van der Waals surface area contributed by atoms with Gasteiger partial charge in [0.15, 0.2) is 0 Å². The molecule has 2 heterocycles. The van der Waals surface area contributed by atoms with Gasteiger partial charge in [0.1, 0.15) is 5.75 Å². The molecule has 1 atom stereocenters. The van der Waals surface area contributed by atoms with Gasteiger partial charge in [-0.1, -0.05) is 18.2 Å². The van der Waals surface area contributed by atoms with E-state index in [1.54, 1.807) is 11.3 Å². The summed E-state index contributed by atoms with van der Waals surface area (Å²) in [4.78, 5) is 0. The average molecular weight is 246 g/mol. The van der Waals surface area contributed by atoms with Crippen LogP contribution in [-0.4, -0.2) is 11.7 Å². The van der Waals surface area contributed by atoms with Crippen molar-refractivity contribution in [2.45, 2.75) is 18.9 Å². The van der Waals surface area contributed by atoms with Crippen molar-refractivity contribution < 1.29 is 9.84 Å². The number of aliphatic hydroxyl groups excluding tert-OH is 1. The number of para-hydroxylation sites is 1. The molecule has 1 aliphatic rings. The van der Waals surface area contributed by atoms with Crippen molar-refractivity contribution in [1.82, 2.24) is 0 Å². The summed E-state index contributed by atoms with van der Waals surface area (Å²) in [5, 5.41) is 14.4. The summed E-state index contributed by atoms with van der Waals surface area (Å²) in [6, 6.07) is 8.09. The van der Waals surface area contributed by atoms with Gasteiger partial charge in [-0.05, 0) is 28.0 Å². The Kier molecular flexibility index (Phi) is 2.87. The molecule has 3 rings (SSSR count). The maximum absolute atomic E-state index is 10.3. The van der Waals surface area contributed by atoms with Crippen molar-refractivity contribution in [2.24, 2.45) is 0 Å². The number of fused-ring (bicyclic) bond motifs is 1. The molecule has 2 aromatic rings. The lowest BCUT2D eigenvalue weighted by molar-refractivity contribution is 0.173. The summed E-state index contributed by atoms with van der Waals surface area (Å²) in [6.45, 7) is 0.734. The van der Waals surface area contributed by atoms with E-state index >= 15 is 0 Å². The standard InChI is InChI=1S/C14H14O2S/c15-13(8-10-5-7-17-9-10)12-3-1-2-11-4-6-16-14(11)12/h1-3,5,7,9,13,15H,4,6,8H2. The quantitative estimate of drug-likeness (QED) is 0.902. The van der Waals surface area contributed by atoms with E-state index in [0.717, 1.165) is 24.3 Å². The fourth-order valence-corrected chi connectivity index (χ4v) is 2.93. The Morgan fingerprint density at radius 1 is 1.35 bits per heavy atom. The molecule has 0 fully saturated rings. The molecule has 0 spiro atoms. The van der Waals surface area contributed by atoms with Crippen LogP contribution in [0.25, 0.3) is 0 Å². The summed E-state index contributed by atoms with van der Waals surface area (Å²) in [7, 11) is 0. The summed E-state index contributed by atoms with van der Waals surface area (Å²) in [5.74, 6) is 0.898. The predicted octanol–water partition coefficient (Wildman–Crippen LogP) is 2.96. The van der Waals surface area contributed by atoms with Gasteiger partial charge in [-0.3, -0.25) is 0 Å². The molecule has 0 saturated heterocycles. The summed E-state index contributed by atoms with van der Waals surface area (Å²) in [6.07, 6.45) is 1.13. The van der Waals surface area contributed by atoms with E-state index in [4.69, 9.17) is 4.74 Å². The Morgan fingerprint density at radius 2 is 2.29 bits per heavy atom. The second-order valence-corrected chi connectivity index (χ2v) is 5.07. The molecule has 88 valence electrons. The topological polar surface area (TPSA) is 29.5 Å². The van der Waals surface area contributed by atoms with Crippen LogP contribution in [0.4, 0.5) is 0 Å². The van der Waals surface area contributed by atoms with Crippen LogP contribution in [0, 0.1) is 0 Å². The van der Waals surface area contributed by atoms with E-state index in [2.05, 4.69) is 17.5 Å². The zero-order valence-electron chi connectivity index (χ0n) is 9.43. The molecule has 1 aromatic carbocycles. The minimum atomic E-state index is -0.474. The highest BCUT2D eigenvalue weighted by atomic mass is 32.1. The fourth-order valence-electron chi connectivity index (χ4n) is 2.25. The maximum Gasteiger partial charge on any atom is 0.128 e. The number of benzene rings is 1. The van der Waals surface area contributed by atoms with Crippen LogP contribution >= 0.6 is 11.3 Å². The van der Waals surface area contributed by atoms with Gasteiger partial charge in [0, 0.05) is 18.4 Å². The molecule has 17 heavy (non-hydrogen) atoms. The highest BCUT2D eigenvalue weighted by molar-refractivity contribution is 7.07. The van der Waals surface area contributed by atoms with Crippen molar-refractivity contribution in [3.8, 4) is 5.75 Å². The first-order chi connectivity index (χ1) is 8.34. The molecule has 0 amide bonds. The van der Waals surface area contributed by atoms with Gasteiger partial charge in [-0.25, -0.2) is 0 Å². The maximum atomic E-state index is 10.3. The van der Waals surface area contributed by atoms with Crippen molar-refractivity contribution in [3.63, 3.8) is 0 Å². The first-order valence-corrected chi connectivity index (χ1v) is 6.72. The lowest BCUT2D eigenvalue weighted by atomic mass is 10.00. The van der Waals surface area contributed by atoms with Crippen LogP contribution in [0.5, 0.6) is 5.75 Å². The van der Waals surface area contributed by atoms with Gasteiger partial charge in [0.05, 0.1) is 12.7 Å². The summed E-state index contributed by atoms with van der Waals surface area (Å²) < 4.78 is 5.61. The number of rotatable bonds is 3. The molecule has 0 aliphatic carbocycles. The van der Waals surface area contributed by atoms with E-state index < -0.39 is 6.10 Å². The van der Waals surface area contributed by atoms with Crippen molar-refractivity contribution in [1.29, 1.82) is 0 Å². The van der Waals surface area contributed by atoms with Gasteiger partial charge in [0.25, 0.3) is 0 Å². The molecule has 2 nitrogen and oxygen atoms in total. The summed E-state index contributed by atoms with van der Waals surface area (Å²) >= 11 is 1.66. The number of hydrogen-bond donors (Lipinski definition) is 1. The van der Waals surface area contributed by atoms with Crippen LogP contribution in [0.2, 0.25) is 0 Å². The number of ether oxygens (including phenoxy) is 1. The molecular weight excluding hydrogens is 232 g/mol. The molecule has 1 unspecified atom stereocenters. The lowest BCUT2D eigenvalue weighted by Crippen LogP contribution is -2.03. The second kappa shape index (κ2) is 4.51. The van der Waals surface area contributed by atoms with E-state index in [9.17, 15) is 5.11 Å². The Labute approximate surface area is 104 Å². The molecule has 1 N–H and O–H groups in total. The molecule has 1 aliphatic heterocycles. The molecule has 0 bridgehead atoms. The number of hydrogen-bond acceptors (Lipinski definition) is 3. The van der Waals surface area contributed by atoms with Crippen LogP contribution in [0.1, 0.15) is 22.8 Å². The molecule has 0 radical (unpaired) electrons. The molecule has 0 saturated carbocycles. The van der Waals surface area contributed by atoms with E-state index in [1.807, 2.05) is 17.5 Å². The Bertz CT molecular complexity index is 505. The number of aliphatic hydroxyl groups is 1.